The van der Waals surface area contributed by atoms with Crippen LogP contribution in [0.1, 0.15) is 50.2 Å². The monoisotopic (exact) mass is 401 g/mol. The number of nitrogens with zero attached hydrogens (tertiary/aromatic N) is 1. The van der Waals surface area contributed by atoms with Crippen molar-refractivity contribution in [2.24, 2.45) is 5.92 Å². The molecule has 0 aliphatic carbocycles. The normalized spacial score (nSPS) is 23.4. The zero-order chi connectivity index (χ0) is 16.8. The largest absolute Gasteiger partial charge is 0.351 e. The summed E-state index contributed by atoms with van der Waals surface area (Å²) in [6.45, 7) is 7.41. The molecule has 0 saturated carbocycles. The number of hydrogen-bond donors (Lipinski definition) is 2. The predicted octanol–water partition coefficient (Wildman–Crippen LogP) is 3.52. The SMILES string of the molecule is CC1CCCN(Cc2ccc(CNC(=O)C3CCCCN3)cc2)C1.Cl.Cl. The molecule has 0 aromatic heterocycles. The number of halogens is 2. The third-order valence-electron chi connectivity index (χ3n) is 5.26. The first-order valence-corrected chi connectivity index (χ1v) is 9.52. The van der Waals surface area contributed by atoms with Gasteiger partial charge in [-0.1, -0.05) is 37.6 Å². The van der Waals surface area contributed by atoms with Crippen LogP contribution in [0.25, 0.3) is 0 Å². The van der Waals surface area contributed by atoms with Gasteiger partial charge in [0, 0.05) is 19.6 Å². The van der Waals surface area contributed by atoms with Crippen molar-refractivity contribution in [3.05, 3.63) is 35.4 Å². The van der Waals surface area contributed by atoms with E-state index in [1.165, 1.54) is 43.5 Å². The Balaban J connectivity index is 0.00000169. The molecule has 6 heteroatoms. The Bertz CT molecular complexity index is 532. The van der Waals surface area contributed by atoms with Gasteiger partial charge in [-0.25, -0.2) is 0 Å². The molecule has 148 valence electrons. The molecule has 2 N–H and O–H groups in total. The van der Waals surface area contributed by atoms with E-state index in [0.717, 1.165) is 31.8 Å². The minimum Gasteiger partial charge on any atom is -0.351 e. The number of carbonyl (C=O) groups is 1. The van der Waals surface area contributed by atoms with Crippen molar-refractivity contribution in [1.82, 2.24) is 15.5 Å². The summed E-state index contributed by atoms with van der Waals surface area (Å²) in [7, 11) is 0. The maximum Gasteiger partial charge on any atom is 0.237 e. The lowest BCUT2D eigenvalue weighted by Crippen LogP contribution is -2.46. The molecule has 3 rings (SSSR count). The molecule has 26 heavy (non-hydrogen) atoms. The van der Waals surface area contributed by atoms with Crippen molar-refractivity contribution in [2.75, 3.05) is 19.6 Å². The second-order valence-electron chi connectivity index (χ2n) is 7.52. The zero-order valence-corrected chi connectivity index (χ0v) is 17.3. The van der Waals surface area contributed by atoms with E-state index < -0.39 is 0 Å². The molecule has 2 heterocycles. The number of benzene rings is 1. The van der Waals surface area contributed by atoms with Gasteiger partial charge in [-0.05, 0) is 55.8 Å². The summed E-state index contributed by atoms with van der Waals surface area (Å²) in [6, 6.07) is 8.72. The van der Waals surface area contributed by atoms with Crippen LogP contribution in [-0.2, 0) is 17.9 Å². The fourth-order valence-electron chi connectivity index (χ4n) is 3.84. The average Bonchev–Trinajstić information content (AvgIpc) is 2.62. The van der Waals surface area contributed by atoms with E-state index in [2.05, 4.69) is 46.7 Å². The predicted molar refractivity (Wildman–Crippen MR) is 112 cm³/mol. The van der Waals surface area contributed by atoms with Crippen molar-refractivity contribution < 1.29 is 4.79 Å². The number of amides is 1. The quantitative estimate of drug-likeness (QED) is 0.792. The van der Waals surface area contributed by atoms with Crippen LogP contribution in [0.5, 0.6) is 0 Å². The van der Waals surface area contributed by atoms with Gasteiger partial charge in [0.2, 0.25) is 5.91 Å². The van der Waals surface area contributed by atoms with E-state index in [9.17, 15) is 4.79 Å². The fraction of sp³-hybridized carbons (Fsp3) is 0.650. The van der Waals surface area contributed by atoms with E-state index in [0.29, 0.717) is 6.54 Å². The molecule has 0 bridgehead atoms. The number of piperidine rings is 2. The molecular formula is C20H33Cl2N3O. The van der Waals surface area contributed by atoms with Crippen molar-refractivity contribution in [1.29, 1.82) is 0 Å². The smallest absolute Gasteiger partial charge is 0.237 e. The highest BCUT2D eigenvalue weighted by atomic mass is 35.5. The first-order chi connectivity index (χ1) is 11.7. The Morgan fingerprint density at radius 2 is 1.85 bits per heavy atom. The van der Waals surface area contributed by atoms with Crippen LogP contribution >= 0.6 is 24.8 Å². The first kappa shape index (κ1) is 23.2. The number of carbonyl (C=O) groups excluding carboxylic acids is 1. The van der Waals surface area contributed by atoms with Crippen molar-refractivity contribution in [3.63, 3.8) is 0 Å². The minimum absolute atomic E-state index is 0. The number of nitrogens with one attached hydrogen (secondary N) is 2. The Labute approximate surface area is 170 Å². The first-order valence-electron chi connectivity index (χ1n) is 9.52. The van der Waals surface area contributed by atoms with Gasteiger partial charge in [0.05, 0.1) is 6.04 Å². The van der Waals surface area contributed by atoms with Crippen LogP contribution in [0.3, 0.4) is 0 Å². The van der Waals surface area contributed by atoms with Crippen molar-refractivity contribution in [2.45, 2.75) is 58.2 Å². The molecule has 1 aromatic rings. The van der Waals surface area contributed by atoms with E-state index in [-0.39, 0.29) is 36.8 Å². The third-order valence-corrected chi connectivity index (χ3v) is 5.26. The van der Waals surface area contributed by atoms with Crippen LogP contribution < -0.4 is 10.6 Å². The minimum atomic E-state index is -0.000820. The summed E-state index contributed by atoms with van der Waals surface area (Å²) in [5.74, 6) is 0.961. The van der Waals surface area contributed by atoms with Gasteiger partial charge in [-0.15, -0.1) is 24.8 Å². The topological polar surface area (TPSA) is 44.4 Å². The lowest BCUT2D eigenvalue weighted by atomic mass is 9.99. The molecule has 2 atom stereocenters. The molecule has 2 unspecified atom stereocenters. The summed E-state index contributed by atoms with van der Waals surface area (Å²) in [4.78, 5) is 14.7. The average molecular weight is 402 g/mol. The standard InChI is InChI=1S/C20H31N3O.2ClH/c1-16-5-4-12-23(14-16)15-18-9-7-17(8-10-18)13-22-20(24)19-6-2-3-11-21-19;;/h7-10,16,19,21H,2-6,11-15H2,1H3,(H,22,24);2*1H. The van der Waals surface area contributed by atoms with Gasteiger partial charge in [0.15, 0.2) is 0 Å². The van der Waals surface area contributed by atoms with E-state index >= 15 is 0 Å². The summed E-state index contributed by atoms with van der Waals surface area (Å²) < 4.78 is 0. The van der Waals surface area contributed by atoms with E-state index in [1.54, 1.807) is 0 Å². The number of likely N-dealkylation sites (tertiary alicyclic amines) is 1. The number of rotatable bonds is 5. The molecule has 0 spiro atoms. The van der Waals surface area contributed by atoms with Crippen LogP contribution in [-0.4, -0.2) is 36.5 Å². The Hall–Kier alpha value is -0.810. The van der Waals surface area contributed by atoms with Crippen LogP contribution in [0.4, 0.5) is 0 Å². The van der Waals surface area contributed by atoms with Gasteiger partial charge in [-0.3, -0.25) is 9.69 Å². The molecule has 1 amide bonds. The lowest BCUT2D eigenvalue weighted by molar-refractivity contribution is -0.123. The van der Waals surface area contributed by atoms with Crippen LogP contribution in [0.2, 0.25) is 0 Å². The summed E-state index contributed by atoms with van der Waals surface area (Å²) in [5, 5.41) is 6.36. The van der Waals surface area contributed by atoms with Gasteiger partial charge in [0.25, 0.3) is 0 Å². The maximum absolute atomic E-state index is 12.2. The van der Waals surface area contributed by atoms with E-state index in [4.69, 9.17) is 0 Å². The van der Waals surface area contributed by atoms with Crippen LogP contribution in [0, 0.1) is 5.92 Å². The summed E-state index contributed by atoms with van der Waals surface area (Å²) in [6.07, 6.45) is 5.97. The van der Waals surface area contributed by atoms with Crippen LogP contribution in [0.15, 0.2) is 24.3 Å². The van der Waals surface area contributed by atoms with Crippen molar-refractivity contribution in [3.8, 4) is 0 Å². The van der Waals surface area contributed by atoms with Crippen molar-refractivity contribution >= 4 is 30.7 Å². The van der Waals surface area contributed by atoms with Gasteiger partial charge >= 0.3 is 0 Å². The van der Waals surface area contributed by atoms with Gasteiger partial charge < -0.3 is 10.6 Å². The van der Waals surface area contributed by atoms with E-state index in [1.807, 2.05) is 0 Å². The molecular weight excluding hydrogens is 369 g/mol. The second kappa shape index (κ2) is 11.8. The summed E-state index contributed by atoms with van der Waals surface area (Å²) in [5.41, 5.74) is 2.54. The molecule has 2 aliphatic rings. The lowest BCUT2D eigenvalue weighted by Gasteiger charge is -2.30. The van der Waals surface area contributed by atoms with Gasteiger partial charge in [0.1, 0.15) is 0 Å². The molecule has 1 aromatic carbocycles. The molecule has 4 nitrogen and oxygen atoms in total. The highest BCUT2D eigenvalue weighted by Gasteiger charge is 2.20. The highest BCUT2D eigenvalue weighted by Crippen LogP contribution is 2.18. The highest BCUT2D eigenvalue weighted by molar-refractivity contribution is 5.85. The fourth-order valence-corrected chi connectivity index (χ4v) is 3.84. The second-order valence-corrected chi connectivity index (χ2v) is 7.52. The number of hydrogen-bond acceptors (Lipinski definition) is 3. The molecule has 2 fully saturated rings. The van der Waals surface area contributed by atoms with Gasteiger partial charge in [-0.2, -0.15) is 0 Å². The molecule has 2 saturated heterocycles. The molecule has 0 radical (unpaired) electrons. The zero-order valence-electron chi connectivity index (χ0n) is 15.7. The Morgan fingerprint density at radius 1 is 1.12 bits per heavy atom. The maximum atomic E-state index is 12.2. The molecule has 2 aliphatic heterocycles. The Morgan fingerprint density at radius 3 is 2.50 bits per heavy atom. The summed E-state index contributed by atoms with van der Waals surface area (Å²) >= 11 is 0. The Kier molecular flexibility index (Phi) is 10.6. The third kappa shape index (κ3) is 7.07.